The van der Waals surface area contributed by atoms with Crippen molar-refractivity contribution in [3.05, 3.63) is 24.3 Å². The van der Waals surface area contributed by atoms with Crippen molar-refractivity contribution in [1.29, 1.82) is 0 Å². The normalized spacial score (nSPS) is 25.9. The van der Waals surface area contributed by atoms with Crippen LogP contribution in [0.4, 0.5) is 0 Å². The van der Waals surface area contributed by atoms with E-state index in [-0.39, 0.29) is 12.4 Å². The molecule has 1 aliphatic heterocycles. The molecule has 0 amide bonds. The molecule has 1 heterocycles. The van der Waals surface area contributed by atoms with Gasteiger partial charge in [0.2, 0.25) is 0 Å². The summed E-state index contributed by atoms with van der Waals surface area (Å²) in [5.74, 6) is 0.449. The highest BCUT2D eigenvalue weighted by Gasteiger charge is 2.46. The number of aromatic hydroxyl groups is 1. The Balaban J connectivity index is 0.00000116. The van der Waals surface area contributed by atoms with Gasteiger partial charge in [-0.2, -0.15) is 0 Å². The summed E-state index contributed by atoms with van der Waals surface area (Å²) in [6.45, 7) is 7.57. The van der Waals surface area contributed by atoms with Crippen molar-refractivity contribution in [1.82, 2.24) is 10.6 Å². The molecule has 1 fully saturated rings. The lowest BCUT2D eigenvalue weighted by molar-refractivity contribution is -0.296. The molecular weight excluding hydrogens is 380 g/mol. The van der Waals surface area contributed by atoms with Crippen LogP contribution in [0.25, 0.3) is 0 Å². The van der Waals surface area contributed by atoms with Crippen LogP contribution in [-0.4, -0.2) is 91.5 Å². The van der Waals surface area contributed by atoms with Crippen LogP contribution >= 0.6 is 0 Å². The third-order valence-corrected chi connectivity index (χ3v) is 3.92. The van der Waals surface area contributed by atoms with Gasteiger partial charge in [-0.15, -0.1) is 0 Å². The minimum atomic E-state index is -1.31. The number of hydrogen-bond acceptors (Lipinski definition) is 9. The molecular formula is C20H38N2O7. The summed E-state index contributed by atoms with van der Waals surface area (Å²) in [5.41, 5.74) is 0. The van der Waals surface area contributed by atoms with E-state index in [0.29, 0.717) is 12.3 Å². The van der Waals surface area contributed by atoms with Gasteiger partial charge >= 0.3 is 0 Å². The molecule has 29 heavy (non-hydrogen) atoms. The fraction of sp³-hybridized carbons (Fsp3) is 0.700. The van der Waals surface area contributed by atoms with Gasteiger partial charge in [0.05, 0.1) is 13.2 Å². The largest absolute Gasteiger partial charge is 0.508 e. The van der Waals surface area contributed by atoms with Gasteiger partial charge < -0.3 is 45.3 Å². The molecule has 0 bridgehead atoms. The first-order valence-electron chi connectivity index (χ1n) is 9.97. The van der Waals surface area contributed by atoms with Gasteiger partial charge in [0.15, 0.2) is 12.4 Å². The third-order valence-electron chi connectivity index (χ3n) is 3.92. The van der Waals surface area contributed by atoms with Crippen molar-refractivity contribution in [3.63, 3.8) is 0 Å². The number of phenols is 1. The minimum Gasteiger partial charge on any atom is -0.508 e. The van der Waals surface area contributed by atoms with E-state index in [9.17, 15) is 20.4 Å². The monoisotopic (exact) mass is 418 g/mol. The second-order valence-electron chi connectivity index (χ2n) is 5.96. The lowest BCUT2D eigenvalue weighted by Gasteiger charge is -2.41. The highest BCUT2D eigenvalue weighted by atomic mass is 16.7. The molecule has 6 N–H and O–H groups in total. The van der Waals surface area contributed by atoms with E-state index in [1.165, 1.54) is 24.3 Å². The Morgan fingerprint density at radius 3 is 2.10 bits per heavy atom. The zero-order chi connectivity index (χ0) is 22.2. The number of hydrogen-bond donors (Lipinski definition) is 6. The highest BCUT2D eigenvalue weighted by molar-refractivity contribution is 5.30. The molecule has 9 nitrogen and oxygen atoms in total. The van der Waals surface area contributed by atoms with Crippen LogP contribution in [0.3, 0.4) is 0 Å². The molecule has 5 atom stereocenters. The van der Waals surface area contributed by atoms with Crippen molar-refractivity contribution in [2.24, 2.45) is 0 Å². The molecule has 1 aromatic carbocycles. The molecule has 9 heteroatoms. The first kappa shape index (κ1) is 27.5. The molecule has 0 aromatic heterocycles. The summed E-state index contributed by atoms with van der Waals surface area (Å²) in [5, 5.41) is 44.9. The van der Waals surface area contributed by atoms with Crippen molar-refractivity contribution in [3.8, 4) is 11.5 Å². The molecule has 1 saturated heterocycles. The lowest BCUT2D eigenvalue weighted by atomic mass is 9.99. The SMILES string of the molecule is CC.CCNC.CNCCOC1OC(CO)C(Oc2ccc(O)cc2)C(O)C1O. The number of ether oxygens (including phenoxy) is 3. The number of phenolic OH excluding ortho intramolecular Hbond substituents is 1. The summed E-state index contributed by atoms with van der Waals surface area (Å²) < 4.78 is 16.4. The van der Waals surface area contributed by atoms with E-state index in [2.05, 4.69) is 17.6 Å². The van der Waals surface area contributed by atoms with Gasteiger partial charge in [0.25, 0.3) is 0 Å². The Hall–Kier alpha value is -1.46. The van der Waals surface area contributed by atoms with Crippen LogP contribution in [-0.2, 0) is 9.47 Å². The van der Waals surface area contributed by atoms with Crippen molar-refractivity contribution >= 4 is 0 Å². The van der Waals surface area contributed by atoms with E-state index in [1.54, 1.807) is 7.05 Å². The van der Waals surface area contributed by atoms with E-state index in [1.807, 2.05) is 20.9 Å². The maximum Gasteiger partial charge on any atom is 0.186 e. The van der Waals surface area contributed by atoms with Crippen molar-refractivity contribution < 1.29 is 34.6 Å². The Morgan fingerprint density at radius 1 is 1.03 bits per heavy atom. The van der Waals surface area contributed by atoms with Gasteiger partial charge in [0.1, 0.15) is 29.8 Å². The van der Waals surface area contributed by atoms with Crippen LogP contribution in [0, 0.1) is 0 Å². The van der Waals surface area contributed by atoms with E-state index in [4.69, 9.17) is 14.2 Å². The van der Waals surface area contributed by atoms with Crippen LogP contribution in [0.2, 0.25) is 0 Å². The van der Waals surface area contributed by atoms with Crippen LogP contribution in [0.1, 0.15) is 20.8 Å². The molecule has 5 unspecified atom stereocenters. The summed E-state index contributed by atoms with van der Waals surface area (Å²) in [7, 11) is 3.69. The smallest absolute Gasteiger partial charge is 0.186 e. The third kappa shape index (κ3) is 9.72. The quantitative estimate of drug-likeness (QED) is 0.324. The van der Waals surface area contributed by atoms with Crippen LogP contribution < -0.4 is 15.4 Å². The Morgan fingerprint density at radius 2 is 1.62 bits per heavy atom. The standard InChI is InChI=1S/C15H23NO7.C3H9N.C2H6/c1-16-6-7-21-15-13(20)12(19)14(11(8-17)23-15)22-10-4-2-9(18)3-5-10;1-3-4-2;1-2/h2-5,11-20H,6-8H2,1H3;4H,3H2,1-2H3;1-2H3. The average Bonchev–Trinajstić information content (AvgIpc) is 2.76. The Labute approximate surface area is 173 Å². The van der Waals surface area contributed by atoms with E-state index >= 15 is 0 Å². The first-order chi connectivity index (χ1) is 14.0. The molecule has 170 valence electrons. The molecule has 1 aliphatic rings. The fourth-order valence-electron chi connectivity index (χ4n) is 2.29. The fourth-order valence-corrected chi connectivity index (χ4v) is 2.29. The maximum absolute atomic E-state index is 10.3. The predicted octanol–water partition coefficient (Wildman–Crippen LogP) is 0.0665. The van der Waals surface area contributed by atoms with Gasteiger partial charge in [-0.3, -0.25) is 0 Å². The number of benzene rings is 1. The Bertz CT molecular complexity index is 500. The van der Waals surface area contributed by atoms with E-state index < -0.39 is 37.3 Å². The molecule has 0 spiro atoms. The number of likely N-dealkylation sites (N-methyl/N-ethyl adjacent to an activating group) is 1. The summed E-state index contributed by atoms with van der Waals surface area (Å²) in [4.78, 5) is 0. The minimum absolute atomic E-state index is 0.0783. The molecule has 2 rings (SSSR count). The Kier molecular flexibility index (Phi) is 15.5. The first-order valence-corrected chi connectivity index (χ1v) is 9.97. The molecule has 0 saturated carbocycles. The maximum atomic E-state index is 10.3. The number of nitrogens with one attached hydrogen (secondary N) is 2. The van der Waals surface area contributed by atoms with Crippen LogP contribution in [0.5, 0.6) is 11.5 Å². The van der Waals surface area contributed by atoms with Gasteiger partial charge in [-0.05, 0) is 44.9 Å². The number of rotatable bonds is 8. The van der Waals surface area contributed by atoms with Crippen molar-refractivity contribution in [2.45, 2.75) is 51.5 Å². The second-order valence-corrected chi connectivity index (χ2v) is 5.96. The molecule has 0 aliphatic carbocycles. The number of aliphatic hydroxyl groups excluding tert-OH is 3. The zero-order valence-electron chi connectivity index (χ0n) is 18.0. The van der Waals surface area contributed by atoms with Crippen molar-refractivity contribution in [2.75, 3.05) is 40.4 Å². The lowest BCUT2D eigenvalue weighted by Crippen LogP contribution is -2.61. The number of aliphatic hydroxyl groups is 3. The molecule has 0 radical (unpaired) electrons. The van der Waals surface area contributed by atoms with Gasteiger partial charge in [-0.1, -0.05) is 20.8 Å². The average molecular weight is 419 g/mol. The zero-order valence-corrected chi connectivity index (χ0v) is 18.0. The summed E-state index contributed by atoms with van der Waals surface area (Å²) >= 11 is 0. The van der Waals surface area contributed by atoms with Crippen LogP contribution in [0.15, 0.2) is 24.3 Å². The topological polar surface area (TPSA) is 133 Å². The second kappa shape index (κ2) is 16.3. The summed E-state index contributed by atoms with van der Waals surface area (Å²) in [6, 6.07) is 5.88. The van der Waals surface area contributed by atoms with E-state index in [0.717, 1.165) is 6.54 Å². The van der Waals surface area contributed by atoms with Gasteiger partial charge in [0, 0.05) is 6.54 Å². The highest BCUT2D eigenvalue weighted by Crippen LogP contribution is 2.27. The predicted molar refractivity (Wildman–Crippen MR) is 111 cm³/mol. The summed E-state index contributed by atoms with van der Waals surface area (Å²) in [6.07, 6.45) is -5.48. The molecule has 1 aromatic rings. The van der Waals surface area contributed by atoms with Gasteiger partial charge in [-0.25, -0.2) is 0 Å².